The van der Waals surface area contributed by atoms with Crippen molar-refractivity contribution < 1.29 is 0 Å². The summed E-state index contributed by atoms with van der Waals surface area (Å²) in [5.41, 5.74) is 0.955. The Kier molecular flexibility index (Phi) is 1.71. The van der Waals surface area contributed by atoms with Crippen LogP contribution in [0.5, 0.6) is 0 Å². The minimum atomic E-state index is 0.955. The number of H-pyrrole nitrogens is 1. The Hall–Kier alpha value is -1.49. The van der Waals surface area contributed by atoms with Gasteiger partial charge in [0.25, 0.3) is 0 Å². The van der Waals surface area contributed by atoms with Gasteiger partial charge in [-0.2, -0.15) is 5.26 Å². The van der Waals surface area contributed by atoms with E-state index in [1.807, 2.05) is 24.4 Å². The first-order valence-corrected chi connectivity index (χ1v) is 2.63. The maximum Gasteiger partial charge on any atom is 0.0912 e. The Bertz CT molecular complexity index is 226. The zero-order valence-electron chi connectivity index (χ0n) is 4.83. The molecule has 1 rings (SSSR count). The third-order valence-electron chi connectivity index (χ3n) is 0.959. The lowest BCUT2D eigenvalue weighted by molar-refractivity contribution is 1.38. The summed E-state index contributed by atoms with van der Waals surface area (Å²) >= 11 is 0. The molecule has 1 N–H and O–H groups in total. The predicted octanol–water partition coefficient (Wildman–Crippen LogP) is 1.55. The lowest BCUT2D eigenvalue weighted by Gasteiger charge is -1.77. The van der Waals surface area contributed by atoms with Crippen LogP contribution in [0.4, 0.5) is 0 Å². The van der Waals surface area contributed by atoms with Crippen molar-refractivity contribution in [3.05, 3.63) is 30.1 Å². The maximum atomic E-state index is 8.11. The Labute approximate surface area is 53.4 Å². The van der Waals surface area contributed by atoms with Crippen LogP contribution in [0.3, 0.4) is 0 Å². The normalized spacial score (nSPS) is 9.67. The molecular formula is C7H6N2. The molecule has 0 aromatic carbocycles. The minimum Gasteiger partial charge on any atom is -0.362 e. The molecule has 0 spiro atoms. The third kappa shape index (κ3) is 1.46. The Morgan fingerprint density at radius 3 is 3.11 bits per heavy atom. The van der Waals surface area contributed by atoms with Crippen molar-refractivity contribution >= 4 is 6.08 Å². The van der Waals surface area contributed by atoms with Crippen molar-refractivity contribution in [2.75, 3.05) is 0 Å². The van der Waals surface area contributed by atoms with Gasteiger partial charge in [-0.15, -0.1) is 0 Å². The third-order valence-corrected chi connectivity index (χ3v) is 0.959. The van der Waals surface area contributed by atoms with Gasteiger partial charge in [0.1, 0.15) is 0 Å². The first-order valence-electron chi connectivity index (χ1n) is 2.63. The van der Waals surface area contributed by atoms with Crippen LogP contribution >= 0.6 is 0 Å². The molecule has 0 fully saturated rings. The average Bonchev–Trinajstić information content (AvgIpc) is 2.34. The highest BCUT2D eigenvalue weighted by atomic mass is 14.7. The second-order valence-electron chi connectivity index (χ2n) is 1.59. The Balaban J connectivity index is 2.71. The molecule has 0 amide bonds. The highest BCUT2D eigenvalue weighted by molar-refractivity contribution is 5.47. The summed E-state index contributed by atoms with van der Waals surface area (Å²) in [6.45, 7) is 0. The molecule has 0 saturated carbocycles. The number of allylic oxidation sites excluding steroid dienone is 1. The summed E-state index contributed by atoms with van der Waals surface area (Å²) in [5, 5.41) is 8.11. The van der Waals surface area contributed by atoms with Crippen LogP contribution in [0.1, 0.15) is 5.69 Å². The largest absolute Gasteiger partial charge is 0.362 e. The van der Waals surface area contributed by atoms with Gasteiger partial charge in [-0.05, 0) is 18.2 Å². The van der Waals surface area contributed by atoms with Crippen molar-refractivity contribution in [2.24, 2.45) is 0 Å². The van der Waals surface area contributed by atoms with Crippen LogP contribution < -0.4 is 0 Å². The molecule has 0 aliphatic rings. The number of aromatic nitrogens is 1. The van der Waals surface area contributed by atoms with E-state index >= 15 is 0 Å². The molecule has 1 aromatic rings. The van der Waals surface area contributed by atoms with Crippen molar-refractivity contribution in [1.29, 1.82) is 5.26 Å². The summed E-state index contributed by atoms with van der Waals surface area (Å²) in [4.78, 5) is 2.93. The molecule has 44 valence electrons. The molecule has 9 heavy (non-hydrogen) atoms. The fourth-order valence-electron chi connectivity index (χ4n) is 0.575. The highest BCUT2D eigenvalue weighted by Crippen LogP contribution is 1.95. The zero-order chi connectivity index (χ0) is 6.53. The summed E-state index contributed by atoms with van der Waals surface area (Å²) in [6.07, 6.45) is 4.98. The van der Waals surface area contributed by atoms with E-state index in [1.54, 1.807) is 6.08 Å². The molecule has 0 aliphatic heterocycles. The van der Waals surface area contributed by atoms with E-state index in [0.717, 1.165) is 5.69 Å². The first-order chi connectivity index (χ1) is 4.43. The zero-order valence-corrected chi connectivity index (χ0v) is 4.83. The Morgan fingerprint density at radius 2 is 2.56 bits per heavy atom. The number of nitriles is 1. The van der Waals surface area contributed by atoms with Crippen LogP contribution in [-0.2, 0) is 0 Å². The van der Waals surface area contributed by atoms with Gasteiger partial charge in [0, 0.05) is 18.0 Å². The van der Waals surface area contributed by atoms with Crippen molar-refractivity contribution in [3.8, 4) is 6.07 Å². The van der Waals surface area contributed by atoms with Crippen LogP contribution in [0, 0.1) is 11.3 Å². The van der Waals surface area contributed by atoms with Gasteiger partial charge >= 0.3 is 0 Å². The van der Waals surface area contributed by atoms with Crippen LogP contribution in [0.25, 0.3) is 6.08 Å². The molecule has 0 unspecified atom stereocenters. The van der Waals surface area contributed by atoms with E-state index in [0.29, 0.717) is 0 Å². The number of nitrogens with one attached hydrogen (secondary N) is 1. The summed E-state index contributed by atoms with van der Waals surface area (Å²) in [5.74, 6) is 0. The molecule has 1 aromatic heterocycles. The molecule has 2 nitrogen and oxygen atoms in total. The van der Waals surface area contributed by atoms with Gasteiger partial charge in [0.05, 0.1) is 6.07 Å². The molecule has 0 bridgehead atoms. The van der Waals surface area contributed by atoms with E-state index in [4.69, 9.17) is 5.26 Å². The highest BCUT2D eigenvalue weighted by Gasteiger charge is 1.79. The first kappa shape index (κ1) is 5.64. The molecule has 2 heteroatoms. The summed E-state index contributed by atoms with van der Waals surface area (Å²) in [7, 11) is 0. The summed E-state index contributed by atoms with van der Waals surface area (Å²) < 4.78 is 0. The second kappa shape index (κ2) is 2.73. The van der Waals surface area contributed by atoms with Gasteiger partial charge in [-0.3, -0.25) is 0 Å². The summed E-state index contributed by atoms with van der Waals surface area (Å²) in [6, 6.07) is 5.69. The van der Waals surface area contributed by atoms with Crippen LogP contribution in [-0.4, -0.2) is 4.98 Å². The quantitative estimate of drug-likeness (QED) is 0.558. The van der Waals surface area contributed by atoms with Gasteiger partial charge < -0.3 is 4.98 Å². The molecule has 0 radical (unpaired) electrons. The monoisotopic (exact) mass is 118 g/mol. The van der Waals surface area contributed by atoms with Gasteiger partial charge in [-0.1, -0.05) is 0 Å². The van der Waals surface area contributed by atoms with Crippen molar-refractivity contribution in [1.82, 2.24) is 4.98 Å². The number of hydrogen-bond acceptors (Lipinski definition) is 1. The molecule has 1 heterocycles. The second-order valence-corrected chi connectivity index (χ2v) is 1.59. The lowest BCUT2D eigenvalue weighted by atomic mass is 10.4. The van der Waals surface area contributed by atoms with Crippen LogP contribution in [0.15, 0.2) is 24.4 Å². The number of rotatable bonds is 1. The molecule has 0 atom stereocenters. The van der Waals surface area contributed by atoms with Gasteiger partial charge in [0.2, 0.25) is 0 Å². The number of nitrogens with zero attached hydrogens (tertiary/aromatic N) is 1. The van der Waals surface area contributed by atoms with E-state index in [2.05, 4.69) is 4.98 Å². The molecular weight excluding hydrogens is 112 g/mol. The van der Waals surface area contributed by atoms with E-state index in [1.165, 1.54) is 6.08 Å². The van der Waals surface area contributed by atoms with Crippen molar-refractivity contribution in [3.63, 3.8) is 0 Å². The van der Waals surface area contributed by atoms with E-state index in [9.17, 15) is 0 Å². The standard InChI is InChI=1S/C7H6N2/c8-5-1-3-7-4-2-6-9-7/h1-4,6,9H/b3-1+. The molecule has 0 aliphatic carbocycles. The number of aromatic amines is 1. The van der Waals surface area contributed by atoms with Crippen LogP contribution in [0.2, 0.25) is 0 Å². The fraction of sp³-hybridized carbons (Fsp3) is 0. The van der Waals surface area contributed by atoms with E-state index in [-0.39, 0.29) is 0 Å². The fourth-order valence-corrected chi connectivity index (χ4v) is 0.575. The topological polar surface area (TPSA) is 39.6 Å². The van der Waals surface area contributed by atoms with Gasteiger partial charge in [0.15, 0.2) is 0 Å². The SMILES string of the molecule is N#C/C=C/c1ccc[nH]1. The van der Waals surface area contributed by atoms with E-state index < -0.39 is 0 Å². The smallest absolute Gasteiger partial charge is 0.0912 e. The van der Waals surface area contributed by atoms with Crippen molar-refractivity contribution in [2.45, 2.75) is 0 Å². The average molecular weight is 118 g/mol. The Morgan fingerprint density at radius 1 is 1.67 bits per heavy atom. The minimum absolute atomic E-state index is 0.955. The number of hydrogen-bond donors (Lipinski definition) is 1. The molecule has 0 saturated heterocycles. The maximum absolute atomic E-state index is 8.11. The lowest BCUT2D eigenvalue weighted by Crippen LogP contribution is -1.64. The predicted molar refractivity (Wildman–Crippen MR) is 35.4 cm³/mol. The van der Waals surface area contributed by atoms with Gasteiger partial charge in [-0.25, -0.2) is 0 Å².